The molecule has 1 aromatic heterocycles. The number of piperidine rings is 1. The van der Waals surface area contributed by atoms with Crippen LogP contribution in [0.4, 0.5) is 4.39 Å². The number of aliphatic carboxylic acids is 1. The van der Waals surface area contributed by atoms with E-state index in [1.54, 1.807) is 23.5 Å². The minimum Gasteiger partial charge on any atom is -0.481 e. The van der Waals surface area contributed by atoms with E-state index in [4.69, 9.17) is 0 Å². The molecule has 1 saturated heterocycles. The molecule has 3 aromatic rings. The van der Waals surface area contributed by atoms with Crippen LogP contribution in [-0.2, 0) is 17.8 Å². The first-order valence-electron chi connectivity index (χ1n) is 9.19. The highest BCUT2D eigenvalue weighted by Gasteiger charge is 2.49. The SMILES string of the molecule is O=C(O)[C@]1(Cc2cccc(F)c2)CN(Cc2nc3ccccc3s2)CC[C@H]1O. The van der Waals surface area contributed by atoms with Crippen LogP contribution >= 0.6 is 11.3 Å². The van der Waals surface area contributed by atoms with Crippen molar-refractivity contribution in [2.45, 2.75) is 25.5 Å². The van der Waals surface area contributed by atoms with Gasteiger partial charge in [-0.15, -0.1) is 11.3 Å². The van der Waals surface area contributed by atoms with Crippen molar-refractivity contribution in [2.24, 2.45) is 5.41 Å². The molecule has 5 nitrogen and oxygen atoms in total. The summed E-state index contributed by atoms with van der Waals surface area (Å²) in [6, 6.07) is 13.8. The first-order valence-corrected chi connectivity index (χ1v) is 10.0. The molecule has 1 aliphatic rings. The molecule has 2 heterocycles. The fourth-order valence-electron chi connectivity index (χ4n) is 3.95. The number of benzene rings is 2. The molecule has 1 fully saturated rings. The highest BCUT2D eigenvalue weighted by Crippen LogP contribution is 2.36. The fraction of sp³-hybridized carbons (Fsp3) is 0.333. The molecule has 146 valence electrons. The Kier molecular flexibility index (Phi) is 5.14. The van der Waals surface area contributed by atoms with Crippen LogP contribution in [0.25, 0.3) is 10.2 Å². The van der Waals surface area contributed by atoms with E-state index in [0.29, 0.717) is 25.1 Å². The Morgan fingerprint density at radius 2 is 2.11 bits per heavy atom. The minimum absolute atomic E-state index is 0.0810. The van der Waals surface area contributed by atoms with Crippen molar-refractivity contribution in [1.29, 1.82) is 0 Å². The summed E-state index contributed by atoms with van der Waals surface area (Å²) in [4.78, 5) is 18.9. The van der Waals surface area contributed by atoms with Crippen LogP contribution in [0.15, 0.2) is 48.5 Å². The van der Waals surface area contributed by atoms with Gasteiger partial charge in [-0.2, -0.15) is 0 Å². The number of aliphatic hydroxyl groups excluding tert-OH is 1. The van der Waals surface area contributed by atoms with Gasteiger partial charge in [0.2, 0.25) is 0 Å². The maximum absolute atomic E-state index is 13.6. The zero-order chi connectivity index (χ0) is 19.7. The number of halogens is 1. The van der Waals surface area contributed by atoms with Crippen molar-refractivity contribution in [3.8, 4) is 0 Å². The molecule has 7 heteroatoms. The number of para-hydroxylation sites is 1. The molecule has 1 aliphatic heterocycles. The van der Waals surface area contributed by atoms with E-state index in [0.717, 1.165) is 15.2 Å². The molecule has 0 unspecified atom stereocenters. The molecule has 0 amide bonds. The Hall–Kier alpha value is -2.35. The van der Waals surface area contributed by atoms with Crippen molar-refractivity contribution < 1.29 is 19.4 Å². The van der Waals surface area contributed by atoms with Crippen molar-refractivity contribution >= 4 is 27.5 Å². The van der Waals surface area contributed by atoms with Gasteiger partial charge in [0.25, 0.3) is 0 Å². The van der Waals surface area contributed by atoms with Crippen LogP contribution in [0.5, 0.6) is 0 Å². The number of aliphatic hydroxyl groups is 1. The van der Waals surface area contributed by atoms with E-state index in [-0.39, 0.29) is 13.0 Å². The molecular weight excluding hydrogens is 379 g/mol. The first-order chi connectivity index (χ1) is 13.5. The lowest BCUT2D eigenvalue weighted by molar-refractivity contribution is -0.163. The molecule has 0 aliphatic carbocycles. The summed E-state index contributed by atoms with van der Waals surface area (Å²) in [6.07, 6.45) is -0.552. The second-order valence-corrected chi connectivity index (χ2v) is 8.47. The number of nitrogens with zero attached hydrogens (tertiary/aromatic N) is 2. The van der Waals surface area contributed by atoms with Crippen molar-refractivity contribution in [2.75, 3.05) is 13.1 Å². The van der Waals surface area contributed by atoms with Gasteiger partial charge in [-0.25, -0.2) is 9.37 Å². The number of fused-ring (bicyclic) bond motifs is 1. The van der Waals surface area contributed by atoms with Crippen LogP contribution in [-0.4, -0.2) is 45.3 Å². The fourth-order valence-corrected chi connectivity index (χ4v) is 4.96. The summed E-state index contributed by atoms with van der Waals surface area (Å²) in [5.74, 6) is -1.46. The average Bonchev–Trinajstić information content (AvgIpc) is 3.06. The standard InChI is InChI=1S/C21H21FN2O3S/c22-15-5-3-4-14(10-15)11-21(20(26)27)13-24(9-8-18(21)25)12-19-23-16-6-1-2-7-17(16)28-19/h1-7,10,18,25H,8-9,11-13H2,(H,26,27)/t18-,21-/m1/s1. The Balaban J connectivity index is 1.58. The summed E-state index contributed by atoms with van der Waals surface area (Å²) >= 11 is 1.59. The largest absolute Gasteiger partial charge is 0.481 e. The Morgan fingerprint density at radius 3 is 2.86 bits per heavy atom. The summed E-state index contributed by atoms with van der Waals surface area (Å²) in [5, 5.41) is 21.5. The second kappa shape index (κ2) is 7.58. The minimum atomic E-state index is -1.37. The zero-order valence-corrected chi connectivity index (χ0v) is 16.0. The topological polar surface area (TPSA) is 73.7 Å². The number of aromatic nitrogens is 1. The van der Waals surface area contributed by atoms with E-state index in [1.807, 2.05) is 29.2 Å². The van der Waals surface area contributed by atoms with E-state index < -0.39 is 23.3 Å². The van der Waals surface area contributed by atoms with Gasteiger partial charge >= 0.3 is 5.97 Å². The van der Waals surface area contributed by atoms with Crippen LogP contribution in [0.2, 0.25) is 0 Å². The predicted molar refractivity (Wildman–Crippen MR) is 106 cm³/mol. The second-order valence-electron chi connectivity index (χ2n) is 7.36. The van der Waals surface area contributed by atoms with Crippen LogP contribution < -0.4 is 0 Å². The van der Waals surface area contributed by atoms with Gasteiger partial charge in [-0.1, -0.05) is 24.3 Å². The Bertz CT molecular complexity index is 975. The maximum Gasteiger partial charge on any atom is 0.313 e. The van der Waals surface area contributed by atoms with Crippen molar-refractivity contribution in [1.82, 2.24) is 9.88 Å². The summed E-state index contributed by atoms with van der Waals surface area (Å²) in [6.45, 7) is 1.31. The number of likely N-dealkylation sites (tertiary alicyclic amines) is 1. The zero-order valence-electron chi connectivity index (χ0n) is 15.2. The van der Waals surface area contributed by atoms with E-state index in [2.05, 4.69) is 4.98 Å². The van der Waals surface area contributed by atoms with E-state index in [9.17, 15) is 19.4 Å². The third-order valence-electron chi connectivity index (χ3n) is 5.39. The highest BCUT2D eigenvalue weighted by molar-refractivity contribution is 7.18. The third kappa shape index (κ3) is 3.65. The van der Waals surface area contributed by atoms with Gasteiger partial charge in [-0.05, 0) is 42.7 Å². The van der Waals surface area contributed by atoms with Gasteiger partial charge in [0.05, 0.1) is 22.9 Å². The number of carboxylic acids is 1. The lowest BCUT2D eigenvalue weighted by atomic mass is 9.73. The average molecular weight is 400 g/mol. The number of rotatable bonds is 5. The number of carbonyl (C=O) groups is 1. The summed E-state index contributed by atoms with van der Waals surface area (Å²) < 4.78 is 14.7. The lowest BCUT2D eigenvalue weighted by Gasteiger charge is -2.43. The number of hydrogen-bond donors (Lipinski definition) is 2. The van der Waals surface area contributed by atoms with Crippen molar-refractivity contribution in [3.05, 3.63) is 64.9 Å². The monoisotopic (exact) mass is 400 g/mol. The van der Waals surface area contributed by atoms with Gasteiger partial charge < -0.3 is 10.2 Å². The van der Waals surface area contributed by atoms with Gasteiger partial charge in [0, 0.05) is 13.1 Å². The first kappa shape index (κ1) is 19.0. The molecule has 2 atom stereocenters. The number of hydrogen-bond acceptors (Lipinski definition) is 5. The van der Waals surface area contributed by atoms with Crippen molar-refractivity contribution in [3.63, 3.8) is 0 Å². The molecule has 4 rings (SSSR count). The number of thiazole rings is 1. The maximum atomic E-state index is 13.6. The molecule has 2 aromatic carbocycles. The summed E-state index contributed by atoms with van der Waals surface area (Å²) in [5.41, 5.74) is 0.134. The van der Waals surface area contributed by atoms with Crippen LogP contribution in [0.1, 0.15) is 17.0 Å². The highest BCUT2D eigenvalue weighted by atomic mass is 32.1. The van der Waals surface area contributed by atoms with Crippen LogP contribution in [0, 0.1) is 11.2 Å². The Labute approximate surface area is 166 Å². The van der Waals surface area contributed by atoms with Gasteiger partial charge in [0.15, 0.2) is 0 Å². The van der Waals surface area contributed by atoms with Gasteiger partial charge in [0.1, 0.15) is 16.2 Å². The molecular formula is C21H21FN2O3S. The Morgan fingerprint density at radius 1 is 1.29 bits per heavy atom. The molecule has 0 radical (unpaired) electrons. The van der Waals surface area contributed by atoms with Crippen LogP contribution in [0.3, 0.4) is 0 Å². The van der Waals surface area contributed by atoms with E-state index in [1.165, 1.54) is 12.1 Å². The molecule has 0 saturated carbocycles. The molecule has 28 heavy (non-hydrogen) atoms. The normalized spacial score (nSPS) is 23.1. The quantitative estimate of drug-likeness (QED) is 0.687. The predicted octanol–water partition coefficient (Wildman–Crippen LogP) is 3.32. The molecule has 0 spiro atoms. The molecule has 0 bridgehead atoms. The van der Waals surface area contributed by atoms with E-state index >= 15 is 0 Å². The summed E-state index contributed by atoms with van der Waals surface area (Å²) in [7, 11) is 0. The molecule has 2 N–H and O–H groups in total. The smallest absolute Gasteiger partial charge is 0.313 e. The van der Waals surface area contributed by atoms with Gasteiger partial charge in [-0.3, -0.25) is 9.69 Å². The number of carboxylic acid groups (broad SMARTS) is 1. The lowest BCUT2D eigenvalue weighted by Crippen LogP contribution is -2.56. The third-order valence-corrected chi connectivity index (χ3v) is 6.42.